The summed E-state index contributed by atoms with van der Waals surface area (Å²) in [5.41, 5.74) is 1.12. The van der Waals surface area contributed by atoms with Gasteiger partial charge in [-0.25, -0.2) is 0 Å². The number of hydrogen-bond donors (Lipinski definition) is 1. The Morgan fingerprint density at radius 1 is 1.38 bits per heavy atom. The van der Waals surface area contributed by atoms with Gasteiger partial charge in [-0.1, -0.05) is 6.92 Å². The van der Waals surface area contributed by atoms with Crippen LogP contribution < -0.4 is 5.32 Å². The largest absolute Gasteiger partial charge is 0.339 e. The molecule has 0 radical (unpaired) electrons. The van der Waals surface area contributed by atoms with Gasteiger partial charge in [0.15, 0.2) is 0 Å². The number of piperazine rings is 1. The molecule has 1 atom stereocenters. The first-order valence-corrected chi connectivity index (χ1v) is 8.96. The Morgan fingerprint density at radius 2 is 2.19 bits per heavy atom. The molecule has 1 N–H and O–H groups in total. The maximum atomic E-state index is 12.8. The van der Waals surface area contributed by atoms with E-state index in [1.165, 1.54) is 5.56 Å². The summed E-state index contributed by atoms with van der Waals surface area (Å²) in [7, 11) is 0. The van der Waals surface area contributed by atoms with Gasteiger partial charge in [-0.05, 0) is 48.2 Å². The van der Waals surface area contributed by atoms with Crippen molar-refractivity contribution in [3.05, 3.63) is 22.4 Å². The van der Waals surface area contributed by atoms with E-state index in [1.807, 2.05) is 0 Å². The summed E-state index contributed by atoms with van der Waals surface area (Å²) in [6.45, 7) is 7.84. The average Bonchev–Trinajstić information content (AvgIpc) is 3.19. The third kappa shape index (κ3) is 3.15. The zero-order valence-corrected chi connectivity index (χ0v) is 13.6. The summed E-state index contributed by atoms with van der Waals surface area (Å²) in [5.74, 6) is 0.331. The molecule has 3 rings (SSSR count). The van der Waals surface area contributed by atoms with Crippen molar-refractivity contribution in [1.82, 2.24) is 15.1 Å². The molecule has 3 heterocycles. The van der Waals surface area contributed by atoms with Crippen LogP contribution in [0.2, 0.25) is 0 Å². The summed E-state index contributed by atoms with van der Waals surface area (Å²) >= 11 is 1.75. The highest BCUT2D eigenvalue weighted by molar-refractivity contribution is 7.07. The number of rotatable bonds is 4. The van der Waals surface area contributed by atoms with E-state index in [2.05, 4.69) is 38.9 Å². The van der Waals surface area contributed by atoms with E-state index >= 15 is 0 Å². The normalized spacial score (nSPS) is 27.2. The van der Waals surface area contributed by atoms with Crippen molar-refractivity contribution in [3.63, 3.8) is 0 Å². The summed E-state index contributed by atoms with van der Waals surface area (Å²) in [5, 5.41) is 7.81. The van der Waals surface area contributed by atoms with E-state index in [0.717, 1.165) is 58.5 Å². The van der Waals surface area contributed by atoms with Crippen LogP contribution in [-0.2, 0) is 11.3 Å². The molecule has 0 spiro atoms. The van der Waals surface area contributed by atoms with Gasteiger partial charge in [0.05, 0.1) is 5.54 Å². The summed E-state index contributed by atoms with van der Waals surface area (Å²) in [6, 6.07) is 2.19. The van der Waals surface area contributed by atoms with E-state index in [4.69, 9.17) is 0 Å². The Hall–Kier alpha value is -0.910. The van der Waals surface area contributed by atoms with Crippen LogP contribution in [0.25, 0.3) is 0 Å². The van der Waals surface area contributed by atoms with Crippen molar-refractivity contribution in [2.45, 2.75) is 38.3 Å². The van der Waals surface area contributed by atoms with Crippen LogP contribution in [0.1, 0.15) is 31.7 Å². The topological polar surface area (TPSA) is 35.6 Å². The maximum Gasteiger partial charge on any atom is 0.242 e. The second-order valence-corrected chi connectivity index (χ2v) is 6.95. The van der Waals surface area contributed by atoms with Gasteiger partial charge in [-0.2, -0.15) is 11.3 Å². The van der Waals surface area contributed by atoms with Gasteiger partial charge >= 0.3 is 0 Å². The van der Waals surface area contributed by atoms with Crippen LogP contribution in [0, 0.1) is 0 Å². The number of hydrogen-bond acceptors (Lipinski definition) is 4. The number of thiophene rings is 1. The molecule has 1 aromatic heterocycles. The van der Waals surface area contributed by atoms with Crippen molar-refractivity contribution in [2.24, 2.45) is 0 Å². The minimum atomic E-state index is -0.268. The molecular formula is C16H25N3OS. The van der Waals surface area contributed by atoms with Crippen molar-refractivity contribution in [3.8, 4) is 0 Å². The van der Waals surface area contributed by atoms with Crippen LogP contribution in [0.4, 0.5) is 0 Å². The molecule has 116 valence electrons. The zero-order valence-electron chi connectivity index (χ0n) is 12.8. The highest BCUT2D eigenvalue weighted by Crippen LogP contribution is 2.26. The van der Waals surface area contributed by atoms with Crippen LogP contribution in [0.3, 0.4) is 0 Å². The highest BCUT2D eigenvalue weighted by atomic mass is 32.1. The Balaban J connectivity index is 1.54. The molecule has 2 saturated heterocycles. The fourth-order valence-corrected chi connectivity index (χ4v) is 4.15. The lowest BCUT2D eigenvalue weighted by molar-refractivity contribution is -0.139. The lowest BCUT2D eigenvalue weighted by atomic mass is 9.92. The predicted molar refractivity (Wildman–Crippen MR) is 86.4 cm³/mol. The molecule has 21 heavy (non-hydrogen) atoms. The monoisotopic (exact) mass is 307 g/mol. The number of amides is 1. The van der Waals surface area contributed by atoms with Crippen LogP contribution in [0.5, 0.6) is 0 Å². The van der Waals surface area contributed by atoms with Crippen LogP contribution in [0.15, 0.2) is 16.8 Å². The molecule has 1 aromatic rings. The van der Waals surface area contributed by atoms with Gasteiger partial charge in [0, 0.05) is 32.7 Å². The van der Waals surface area contributed by atoms with E-state index in [9.17, 15) is 4.79 Å². The minimum absolute atomic E-state index is 0.268. The molecule has 2 aliphatic rings. The molecular weight excluding hydrogens is 282 g/mol. The molecule has 1 unspecified atom stereocenters. The third-order valence-corrected chi connectivity index (χ3v) is 5.63. The highest BCUT2D eigenvalue weighted by Gasteiger charge is 2.42. The van der Waals surface area contributed by atoms with Crippen molar-refractivity contribution in [2.75, 3.05) is 32.7 Å². The molecule has 0 aliphatic carbocycles. The molecule has 2 fully saturated rings. The number of nitrogens with zero attached hydrogens (tertiary/aromatic N) is 2. The van der Waals surface area contributed by atoms with Crippen LogP contribution in [-0.4, -0.2) is 54.0 Å². The zero-order chi connectivity index (χ0) is 14.7. The molecule has 2 aliphatic heterocycles. The molecule has 4 nitrogen and oxygen atoms in total. The SMILES string of the molecule is CCC1(C(=O)N2CCN(Cc3ccsc3)CC2)CCCN1. The third-order valence-electron chi connectivity index (χ3n) is 4.90. The van der Waals surface area contributed by atoms with Crippen molar-refractivity contribution >= 4 is 17.2 Å². The quantitative estimate of drug-likeness (QED) is 0.923. The van der Waals surface area contributed by atoms with E-state index in [-0.39, 0.29) is 5.54 Å². The van der Waals surface area contributed by atoms with Gasteiger partial charge in [-0.3, -0.25) is 9.69 Å². The molecule has 0 saturated carbocycles. The first-order chi connectivity index (χ1) is 10.2. The average molecular weight is 307 g/mol. The van der Waals surface area contributed by atoms with Crippen molar-refractivity contribution in [1.29, 1.82) is 0 Å². The van der Waals surface area contributed by atoms with E-state index < -0.39 is 0 Å². The summed E-state index contributed by atoms with van der Waals surface area (Å²) < 4.78 is 0. The van der Waals surface area contributed by atoms with Gasteiger partial charge in [0.1, 0.15) is 0 Å². The fourth-order valence-electron chi connectivity index (χ4n) is 3.49. The Morgan fingerprint density at radius 3 is 2.76 bits per heavy atom. The van der Waals surface area contributed by atoms with Gasteiger partial charge < -0.3 is 10.2 Å². The molecule has 0 aromatic carbocycles. The first kappa shape index (κ1) is 15.0. The molecule has 1 amide bonds. The second kappa shape index (κ2) is 6.46. The number of carbonyl (C=O) groups excluding carboxylic acids is 1. The Labute approximate surface area is 131 Å². The van der Waals surface area contributed by atoms with E-state index in [1.54, 1.807) is 11.3 Å². The smallest absolute Gasteiger partial charge is 0.242 e. The van der Waals surface area contributed by atoms with Gasteiger partial charge in [0.25, 0.3) is 0 Å². The Bertz CT molecular complexity index is 460. The maximum absolute atomic E-state index is 12.8. The fraction of sp³-hybridized carbons (Fsp3) is 0.688. The summed E-state index contributed by atoms with van der Waals surface area (Å²) in [4.78, 5) is 17.3. The molecule has 0 bridgehead atoms. The van der Waals surface area contributed by atoms with Crippen molar-refractivity contribution < 1.29 is 4.79 Å². The second-order valence-electron chi connectivity index (χ2n) is 6.17. The minimum Gasteiger partial charge on any atom is -0.339 e. The standard InChI is InChI=1S/C16H25N3OS/c1-2-16(5-3-6-17-16)15(20)19-9-7-18(8-10-19)12-14-4-11-21-13-14/h4,11,13,17H,2-3,5-10,12H2,1H3. The molecule has 5 heteroatoms. The lowest BCUT2D eigenvalue weighted by Crippen LogP contribution is -2.58. The predicted octanol–water partition coefficient (Wildman–Crippen LogP) is 1.92. The number of nitrogens with one attached hydrogen (secondary N) is 1. The van der Waals surface area contributed by atoms with E-state index in [0.29, 0.717) is 5.91 Å². The van der Waals surface area contributed by atoms with Gasteiger partial charge in [-0.15, -0.1) is 0 Å². The van der Waals surface area contributed by atoms with Crippen LogP contribution >= 0.6 is 11.3 Å². The first-order valence-electron chi connectivity index (χ1n) is 8.01. The summed E-state index contributed by atoms with van der Waals surface area (Å²) in [6.07, 6.45) is 3.02. The number of carbonyl (C=O) groups is 1. The lowest BCUT2D eigenvalue weighted by Gasteiger charge is -2.39. The van der Waals surface area contributed by atoms with Gasteiger partial charge in [0.2, 0.25) is 5.91 Å². The Kier molecular flexibility index (Phi) is 4.62.